The first-order chi connectivity index (χ1) is 19.8. The van der Waals surface area contributed by atoms with Crippen LogP contribution in [-0.2, 0) is 36.4 Å². The molecule has 226 valence electrons. The average Bonchev–Trinajstić information content (AvgIpc) is 3.42. The van der Waals surface area contributed by atoms with Gasteiger partial charge >= 0.3 is 5.97 Å². The summed E-state index contributed by atoms with van der Waals surface area (Å²) in [4.78, 5) is 32.7. The number of nitrogens with one attached hydrogen (secondary N) is 2. The number of rotatable bonds is 8. The number of H-pyrrole nitrogens is 1. The quantitative estimate of drug-likeness (QED) is 0.295. The second-order valence-corrected chi connectivity index (χ2v) is 14.0. The van der Waals surface area contributed by atoms with Gasteiger partial charge in [-0.3, -0.25) is 9.48 Å². The van der Waals surface area contributed by atoms with Gasteiger partial charge in [-0.1, -0.05) is 0 Å². The minimum Gasteiger partial charge on any atom is -0.461 e. The Balaban J connectivity index is 1.51. The largest absolute Gasteiger partial charge is 0.461 e. The Labute approximate surface area is 245 Å². The van der Waals surface area contributed by atoms with Gasteiger partial charge in [0.15, 0.2) is 11.9 Å². The van der Waals surface area contributed by atoms with Gasteiger partial charge in [0.1, 0.15) is 5.39 Å². The van der Waals surface area contributed by atoms with E-state index in [1.807, 2.05) is 20.8 Å². The highest BCUT2D eigenvalue weighted by Gasteiger charge is 2.43. The first kappa shape index (κ1) is 29.9. The lowest BCUT2D eigenvalue weighted by atomic mass is 9.86. The number of sulfonamides is 1. The van der Waals surface area contributed by atoms with E-state index in [2.05, 4.69) is 22.0 Å². The molecule has 2 aromatic heterocycles. The van der Waals surface area contributed by atoms with Crippen LogP contribution in [0.2, 0.25) is 0 Å². The third kappa shape index (κ3) is 5.36. The number of fused-ring (bicyclic) bond motifs is 2. The maximum Gasteiger partial charge on any atom is 0.335 e. The van der Waals surface area contributed by atoms with Crippen molar-refractivity contribution in [2.45, 2.75) is 88.6 Å². The van der Waals surface area contributed by atoms with E-state index in [1.54, 1.807) is 49.0 Å². The number of pyridine rings is 1. The predicted octanol–water partition coefficient (Wildman–Crippen LogP) is 3.69. The first-order valence-corrected chi connectivity index (χ1v) is 15.5. The molecule has 13 heteroatoms. The monoisotopic (exact) mass is 598 g/mol. The lowest BCUT2D eigenvalue weighted by Crippen LogP contribution is -2.48. The van der Waals surface area contributed by atoms with Crippen LogP contribution >= 0.6 is 0 Å². The minimum absolute atomic E-state index is 0.169. The molecule has 1 saturated heterocycles. The van der Waals surface area contributed by atoms with Gasteiger partial charge in [0.2, 0.25) is 10.0 Å². The van der Waals surface area contributed by atoms with Gasteiger partial charge in [-0.25, -0.2) is 13.2 Å². The van der Waals surface area contributed by atoms with Crippen LogP contribution in [0.3, 0.4) is 0 Å². The highest BCUT2D eigenvalue weighted by atomic mass is 32.2. The molecule has 42 heavy (non-hydrogen) atoms. The van der Waals surface area contributed by atoms with Crippen molar-refractivity contribution < 1.29 is 22.7 Å². The summed E-state index contributed by atoms with van der Waals surface area (Å²) in [5, 5.41) is 8.51. The summed E-state index contributed by atoms with van der Waals surface area (Å²) in [6.07, 6.45) is 2.13. The fourth-order valence-corrected chi connectivity index (χ4v) is 7.68. The van der Waals surface area contributed by atoms with E-state index in [0.717, 1.165) is 0 Å². The summed E-state index contributed by atoms with van der Waals surface area (Å²) in [6.45, 7) is 13.7. The zero-order valence-corrected chi connectivity index (χ0v) is 25.5. The summed E-state index contributed by atoms with van der Waals surface area (Å²) in [5.74, 6) is -0.0687. The van der Waals surface area contributed by atoms with Gasteiger partial charge in [-0.2, -0.15) is 9.40 Å². The summed E-state index contributed by atoms with van der Waals surface area (Å²) < 4.78 is 41.0. The van der Waals surface area contributed by atoms with Gasteiger partial charge in [0.25, 0.3) is 5.56 Å². The summed E-state index contributed by atoms with van der Waals surface area (Å²) in [7, 11) is -3.61. The number of aromatic nitrogens is 3. The zero-order valence-electron chi connectivity index (χ0n) is 24.6. The SMILES string of the molecule is C=NCC[C@@]1(n2nc(Nc3ccc4c(c3)CN(C(C)(C)C)S4(=O)=O)c3c(=O)[nH]ccc32)CC[C@@H](C(=O)OC(C)C)OC1. The summed E-state index contributed by atoms with van der Waals surface area (Å²) in [6, 6.07) is 6.83. The predicted molar refractivity (Wildman–Crippen MR) is 160 cm³/mol. The Morgan fingerprint density at radius 3 is 2.74 bits per heavy atom. The normalized spacial score (nSPS) is 22.3. The van der Waals surface area contributed by atoms with Gasteiger partial charge in [-0.05, 0) is 90.4 Å². The van der Waals surface area contributed by atoms with Gasteiger partial charge in [-0.15, -0.1) is 0 Å². The maximum absolute atomic E-state index is 13.1. The van der Waals surface area contributed by atoms with Crippen molar-refractivity contribution in [1.82, 2.24) is 19.1 Å². The Morgan fingerprint density at radius 1 is 1.33 bits per heavy atom. The minimum atomic E-state index is -3.61. The molecule has 0 aliphatic carbocycles. The molecule has 1 aromatic carbocycles. The van der Waals surface area contributed by atoms with Crippen LogP contribution < -0.4 is 10.9 Å². The van der Waals surface area contributed by atoms with E-state index >= 15 is 0 Å². The molecule has 2 N–H and O–H groups in total. The van der Waals surface area contributed by atoms with Crippen molar-refractivity contribution in [1.29, 1.82) is 0 Å². The van der Waals surface area contributed by atoms with Crippen LogP contribution in [0.5, 0.6) is 0 Å². The number of hydrogen-bond donors (Lipinski definition) is 2. The number of aliphatic imine (C=N–C) groups is 1. The van der Waals surface area contributed by atoms with E-state index in [9.17, 15) is 18.0 Å². The van der Waals surface area contributed by atoms with Crippen LogP contribution in [0.1, 0.15) is 59.4 Å². The second kappa shape index (κ2) is 10.9. The molecule has 0 amide bonds. The third-order valence-corrected chi connectivity index (χ3v) is 9.99. The average molecular weight is 599 g/mol. The highest BCUT2D eigenvalue weighted by Crippen LogP contribution is 2.39. The summed E-state index contributed by atoms with van der Waals surface area (Å²) in [5.41, 5.74) is 0.278. The molecule has 0 saturated carbocycles. The number of esters is 1. The molecule has 0 spiro atoms. The van der Waals surface area contributed by atoms with Gasteiger partial charge < -0.3 is 24.8 Å². The number of nitrogens with zero attached hydrogens (tertiary/aromatic N) is 4. The van der Waals surface area contributed by atoms with E-state index in [1.165, 1.54) is 4.31 Å². The number of benzene rings is 1. The van der Waals surface area contributed by atoms with Gasteiger partial charge in [0.05, 0.1) is 28.7 Å². The molecule has 0 bridgehead atoms. The molecular weight excluding hydrogens is 560 g/mol. The summed E-state index contributed by atoms with van der Waals surface area (Å²) >= 11 is 0. The maximum atomic E-state index is 13.1. The number of anilines is 2. The molecule has 2 aliphatic rings. The second-order valence-electron chi connectivity index (χ2n) is 12.2. The molecule has 2 aliphatic heterocycles. The number of carbonyl (C=O) groups is 1. The van der Waals surface area contributed by atoms with Crippen LogP contribution in [0, 0.1) is 0 Å². The molecule has 0 unspecified atom stereocenters. The van der Waals surface area contributed by atoms with E-state index < -0.39 is 33.2 Å². The van der Waals surface area contributed by atoms with E-state index in [-0.39, 0.29) is 29.7 Å². The molecule has 3 aromatic rings. The van der Waals surface area contributed by atoms with Crippen LogP contribution in [0.15, 0.2) is 45.1 Å². The lowest BCUT2D eigenvalue weighted by molar-refractivity contribution is -0.169. The van der Waals surface area contributed by atoms with Crippen molar-refractivity contribution in [3.05, 3.63) is 46.4 Å². The van der Waals surface area contributed by atoms with Crippen LogP contribution in [0.25, 0.3) is 10.9 Å². The lowest BCUT2D eigenvalue weighted by Gasteiger charge is -2.40. The number of carbonyl (C=O) groups excluding carboxylic acids is 1. The fraction of sp³-hybridized carbons (Fsp3) is 0.517. The Hall–Kier alpha value is -3.55. The van der Waals surface area contributed by atoms with Crippen molar-refractivity contribution >= 4 is 45.1 Å². The molecule has 2 atom stereocenters. The molecule has 5 rings (SSSR count). The number of aromatic amines is 1. The standard InChI is InChI=1S/C29H38N6O6S/c1-18(2)41-27(37)22-9-11-29(17-40-22,12-14-30-6)35-21-10-13-31-26(36)24(21)25(33-35)32-20-7-8-23-19(15-20)16-34(28(3,4)5)42(23,38)39/h7-8,10,13,15,18,22H,6,9,11-12,14,16-17H2,1-5H3,(H,31,36)(H,32,33)/t22-,29-/m0/s1. The van der Waals surface area contributed by atoms with Crippen molar-refractivity contribution in [2.24, 2.45) is 4.99 Å². The third-order valence-electron chi connectivity index (χ3n) is 7.78. The smallest absolute Gasteiger partial charge is 0.335 e. The topological polar surface area (TPSA) is 148 Å². The van der Waals surface area contributed by atoms with Gasteiger partial charge in [0, 0.05) is 30.5 Å². The highest BCUT2D eigenvalue weighted by molar-refractivity contribution is 7.89. The molecule has 1 fully saturated rings. The van der Waals surface area contributed by atoms with Crippen molar-refractivity contribution in [2.75, 3.05) is 18.5 Å². The molecule has 0 radical (unpaired) electrons. The number of ether oxygens (including phenoxy) is 2. The molecule has 4 heterocycles. The molecule has 12 nitrogen and oxygen atoms in total. The van der Waals surface area contributed by atoms with E-state index in [0.29, 0.717) is 53.8 Å². The zero-order chi connectivity index (χ0) is 30.4. The fourth-order valence-electron chi connectivity index (χ4n) is 5.71. The number of hydrogen-bond acceptors (Lipinski definition) is 9. The van der Waals surface area contributed by atoms with Crippen LogP contribution in [0.4, 0.5) is 11.5 Å². The Kier molecular flexibility index (Phi) is 7.79. The Bertz CT molecular complexity index is 1680. The van der Waals surface area contributed by atoms with E-state index in [4.69, 9.17) is 14.6 Å². The van der Waals surface area contributed by atoms with Crippen molar-refractivity contribution in [3.63, 3.8) is 0 Å². The Morgan fingerprint density at radius 2 is 2.10 bits per heavy atom. The van der Waals surface area contributed by atoms with Crippen LogP contribution in [-0.4, -0.2) is 71.1 Å². The molecular formula is C29H38N6O6S. The van der Waals surface area contributed by atoms with Crippen molar-refractivity contribution in [3.8, 4) is 0 Å². The first-order valence-electron chi connectivity index (χ1n) is 14.1.